The number of nitrogens with one attached hydrogen (secondary N) is 1. The fourth-order valence-electron chi connectivity index (χ4n) is 3.29. The van der Waals surface area contributed by atoms with E-state index in [-0.39, 0.29) is 41.0 Å². The van der Waals surface area contributed by atoms with Crippen molar-refractivity contribution in [2.75, 3.05) is 6.61 Å². The molecule has 11 heteroatoms. The predicted octanol–water partition coefficient (Wildman–Crippen LogP) is 4.96. The van der Waals surface area contributed by atoms with Crippen LogP contribution in [0.4, 0.5) is 17.6 Å². The van der Waals surface area contributed by atoms with Gasteiger partial charge in [-0.3, -0.25) is 4.79 Å². The number of nitrogens with zero attached hydrogens (tertiary/aromatic N) is 1. The van der Waals surface area contributed by atoms with Crippen molar-refractivity contribution < 1.29 is 36.2 Å². The van der Waals surface area contributed by atoms with Crippen LogP contribution in [0.3, 0.4) is 0 Å². The summed E-state index contributed by atoms with van der Waals surface area (Å²) in [4.78, 5) is 17.0. The number of carbonyl (C=O) groups excluding carboxylic acids is 1. The molecule has 35 heavy (non-hydrogen) atoms. The molecule has 0 radical (unpaired) electrons. The minimum absolute atomic E-state index is 0.00952. The maximum atomic E-state index is 13.9. The highest BCUT2D eigenvalue weighted by atomic mass is 19.3. The SMILES string of the molecule is CC(N)c1oc(-c2ccc(OC(F)F)c(OCC3CC3)c2)nc1C(=O)NCc1ccc(F)cc1F. The van der Waals surface area contributed by atoms with Gasteiger partial charge in [0, 0.05) is 23.7 Å². The Balaban J connectivity index is 1.58. The van der Waals surface area contributed by atoms with Gasteiger partial charge in [-0.1, -0.05) is 6.07 Å². The number of hydrogen-bond donors (Lipinski definition) is 2. The Kier molecular flexibility index (Phi) is 7.25. The molecule has 3 N–H and O–H groups in total. The zero-order valence-electron chi connectivity index (χ0n) is 18.7. The Morgan fingerprint density at radius 2 is 1.97 bits per heavy atom. The van der Waals surface area contributed by atoms with Crippen LogP contribution in [0.5, 0.6) is 11.5 Å². The molecule has 1 atom stereocenters. The van der Waals surface area contributed by atoms with Crippen molar-refractivity contribution in [2.24, 2.45) is 11.7 Å². The second-order valence-electron chi connectivity index (χ2n) is 8.23. The molecule has 1 aliphatic rings. The molecule has 1 fully saturated rings. The van der Waals surface area contributed by atoms with Crippen LogP contribution in [0.25, 0.3) is 11.5 Å². The van der Waals surface area contributed by atoms with E-state index >= 15 is 0 Å². The van der Waals surface area contributed by atoms with E-state index in [1.165, 1.54) is 24.3 Å². The van der Waals surface area contributed by atoms with Gasteiger partial charge < -0.3 is 24.9 Å². The van der Waals surface area contributed by atoms with E-state index in [0.717, 1.165) is 18.9 Å². The zero-order valence-corrected chi connectivity index (χ0v) is 18.7. The van der Waals surface area contributed by atoms with E-state index in [9.17, 15) is 22.4 Å². The molecule has 1 amide bonds. The molecule has 0 saturated heterocycles. The number of alkyl halides is 2. The number of ether oxygens (including phenoxy) is 2. The lowest BCUT2D eigenvalue weighted by Crippen LogP contribution is -2.25. The van der Waals surface area contributed by atoms with Crippen LogP contribution in [-0.4, -0.2) is 24.1 Å². The molecule has 1 unspecified atom stereocenters. The third-order valence-corrected chi connectivity index (χ3v) is 5.31. The number of nitrogens with two attached hydrogens (primary N) is 1. The van der Waals surface area contributed by atoms with E-state index in [2.05, 4.69) is 15.0 Å². The third-order valence-electron chi connectivity index (χ3n) is 5.31. The molecule has 0 spiro atoms. The highest BCUT2D eigenvalue weighted by Crippen LogP contribution is 2.37. The summed E-state index contributed by atoms with van der Waals surface area (Å²) in [6.07, 6.45) is 2.00. The molecule has 1 saturated carbocycles. The van der Waals surface area contributed by atoms with Crippen molar-refractivity contribution in [1.29, 1.82) is 0 Å². The molecule has 3 aromatic rings. The van der Waals surface area contributed by atoms with Crippen molar-refractivity contribution in [3.05, 3.63) is 65.1 Å². The van der Waals surface area contributed by atoms with E-state index < -0.39 is 30.2 Å². The number of carbonyl (C=O) groups is 1. The minimum atomic E-state index is -3.03. The summed E-state index contributed by atoms with van der Waals surface area (Å²) < 4.78 is 68.5. The van der Waals surface area contributed by atoms with Crippen LogP contribution in [0.15, 0.2) is 40.8 Å². The number of halogens is 4. The first-order chi connectivity index (χ1) is 16.7. The summed E-state index contributed by atoms with van der Waals surface area (Å²) in [5, 5.41) is 2.51. The molecule has 0 aliphatic heterocycles. The maximum absolute atomic E-state index is 13.9. The van der Waals surface area contributed by atoms with Crippen LogP contribution >= 0.6 is 0 Å². The largest absolute Gasteiger partial charge is 0.489 e. The molecule has 1 heterocycles. The zero-order chi connectivity index (χ0) is 25.1. The van der Waals surface area contributed by atoms with Crippen molar-refractivity contribution in [3.8, 4) is 23.0 Å². The molecule has 7 nitrogen and oxygen atoms in total. The van der Waals surface area contributed by atoms with Crippen molar-refractivity contribution in [3.63, 3.8) is 0 Å². The fraction of sp³-hybridized carbons (Fsp3) is 0.333. The molecular weight excluding hydrogens is 470 g/mol. The number of rotatable bonds is 10. The van der Waals surface area contributed by atoms with Gasteiger partial charge in [0.25, 0.3) is 5.91 Å². The molecule has 186 valence electrons. The van der Waals surface area contributed by atoms with Crippen LogP contribution < -0.4 is 20.5 Å². The number of benzene rings is 2. The molecule has 1 aromatic heterocycles. The Morgan fingerprint density at radius 3 is 2.63 bits per heavy atom. The van der Waals surface area contributed by atoms with Crippen LogP contribution in [0.1, 0.15) is 47.6 Å². The standard InChI is InChI=1S/C24H23F4N3O4/c1-12(29)21-20(22(32)30-10-15-4-6-16(25)9-17(15)26)31-23(35-21)14-5-7-18(34-24(27)28)19(8-14)33-11-13-2-3-13/h4-9,12-13,24H,2-3,10-11,29H2,1H3,(H,30,32). The van der Waals surface area contributed by atoms with Gasteiger partial charge in [-0.2, -0.15) is 8.78 Å². The van der Waals surface area contributed by atoms with Crippen LogP contribution in [0.2, 0.25) is 0 Å². The average molecular weight is 493 g/mol. The summed E-state index contributed by atoms with van der Waals surface area (Å²) >= 11 is 0. The van der Waals surface area contributed by atoms with Gasteiger partial charge in [-0.15, -0.1) is 0 Å². The smallest absolute Gasteiger partial charge is 0.387 e. The normalized spacial score (nSPS) is 14.1. The third kappa shape index (κ3) is 6.10. The Hall–Kier alpha value is -3.60. The van der Waals surface area contributed by atoms with Crippen molar-refractivity contribution in [2.45, 2.75) is 39.0 Å². The first-order valence-corrected chi connectivity index (χ1v) is 10.9. The van der Waals surface area contributed by atoms with Gasteiger partial charge in [0.05, 0.1) is 12.6 Å². The monoisotopic (exact) mass is 493 g/mol. The second kappa shape index (κ2) is 10.3. The van der Waals surface area contributed by atoms with E-state index in [1.807, 2.05) is 0 Å². The first-order valence-electron chi connectivity index (χ1n) is 10.9. The van der Waals surface area contributed by atoms with Crippen molar-refractivity contribution in [1.82, 2.24) is 10.3 Å². The lowest BCUT2D eigenvalue weighted by molar-refractivity contribution is -0.0515. The maximum Gasteiger partial charge on any atom is 0.387 e. The van der Waals surface area contributed by atoms with Crippen LogP contribution in [0, 0.1) is 17.6 Å². The highest BCUT2D eigenvalue weighted by Gasteiger charge is 2.26. The summed E-state index contributed by atoms with van der Waals surface area (Å²) in [6, 6.07) is 6.48. The quantitative estimate of drug-likeness (QED) is 0.388. The van der Waals surface area contributed by atoms with Crippen LogP contribution in [-0.2, 0) is 6.54 Å². The highest BCUT2D eigenvalue weighted by molar-refractivity contribution is 5.94. The van der Waals surface area contributed by atoms with Gasteiger partial charge in [0.15, 0.2) is 23.0 Å². The molecule has 4 rings (SSSR count). The van der Waals surface area contributed by atoms with Gasteiger partial charge in [0.2, 0.25) is 5.89 Å². The summed E-state index contributed by atoms with van der Waals surface area (Å²) in [7, 11) is 0. The lowest BCUT2D eigenvalue weighted by Gasteiger charge is -2.12. The fourth-order valence-corrected chi connectivity index (χ4v) is 3.29. The Morgan fingerprint density at radius 1 is 1.20 bits per heavy atom. The van der Waals surface area contributed by atoms with E-state index in [4.69, 9.17) is 14.9 Å². The molecule has 1 aliphatic carbocycles. The van der Waals surface area contributed by atoms with E-state index in [0.29, 0.717) is 24.2 Å². The van der Waals surface area contributed by atoms with Gasteiger partial charge in [0.1, 0.15) is 11.6 Å². The first kappa shape index (κ1) is 24.5. The molecule has 2 aromatic carbocycles. The summed E-state index contributed by atoms with van der Waals surface area (Å²) in [6.45, 7) is -1.31. The predicted molar refractivity (Wildman–Crippen MR) is 117 cm³/mol. The average Bonchev–Trinajstić information content (AvgIpc) is 3.52. The van der Waals surface area contributed by atoms with Crippen molar-refractivity contribution >= 4 is 5.91 Å². The Bertz CT molecular complexity index is 1210. The second-order valence-corrected chi connectivity index (χ2v) is 8.23. The van der Waals surface area contributed by atoms with Gasteiger partial charge in [-0.25, -0.2) is 13.8 Å². The summed E-state index contributed by atoms with van der Waals surface area (Å²) in [5.41, 5.74) is 6.26. The number of hydrogen-bond acceptors (Lipinski definition) is 6. The number of amides is 1. The molecular formula is C24H23F4N3O4. The van der Waals surface area contributed by atoms with Gasteiger partial charge >= 0.3 is 6.61 Å². The minimum Gasteiger partial charge on any atom is -0.489 e. The summed E-state index contributed by atoms with van der Waals surface area (Å²) in [5.74, 6) is -1.81. The lowest BCUT2D eigenvalue weighted by atomic mass is 10.2. The Labute approximate surface area is 198 Å². The number of oxazole rings is 1. The number of aromatic nitrogens is 1. The van der Waals surface area contributed by atoms with Gasteiger partial charge in [-0.05, 0) is 49.9 Å². The molecule has 0 bridgehead atoms. The van der Waals surface area contributed by atoms with E-state index in [1.54, 1.807) is 6.92 Å². The topological polar surface area (TPSA) is 99.6 Å².